The van der Waals surface area contributed by atoms with E-state index in [1.54, 1.807) is 0 Å². The van der Waals surface area contributed by atoms with Gasteiger partial charge in [-0.15, -0.1) is 6.58 Å². The Hall–Kier alpha value is -0.340. The maximum Gasteiger partial charge on any atom is 0.0226 e. The fraction of sp³-hybridized carbons (Fsp3) is 0.846. The van der Waals surface area contributed by atoms with Gasteiger partial charge in [0.05, 0.1) is 0 Å². The molecule has 3 heterocycles. The summed E-state index contributed by atoms with van der Waals surface area (Å²) in [5.74, 6) is 0.946. The van der Waals surface area contributed by atoms with Crippen molar-refractivity contribution in [3.8, 4) is 0 Å². The highest BCUT2D eigenvalue weighted by molar-refractivity contribution is 4.92. The minimum atomic E-state index is 0.647. The zero-order valence-corrected chi connectivity index (χ0v) is 9.91. The molecular weight excluding hydrogens is 184 g/mol. The van der Waals surface area contributed by atoms with Crippen LogP contribution in [0.3, 0.4) is 0 Å². The molecule has 0 amide bonds. The molecule has 3 aliphatic heterocycles. The van der Waals surface area contributed by atoms with Crippen LogP contribution >= 0.6 is 0 Å². The van der Waals surface area contributed by atoms with Gasteiger partial charge in [-0.1, -0.05) is 6.08 Å². The number of fused-ring (bicyclic) bond motifs is 3. The minimum absolute atomic E-state index is 0.647. The lowest BCUT2D eigenvalue weighted by atomic mass is 9.83. The second kappa shape index (κ2) is 5.13. The summed E-state index contributed by atoms with van der Waals surface area (Å²) in [5, 5.41) is 3.80. The maximum absolute atomic E-state index is 3.80. The lowest BCUT2D eigenvalue weighted by molar-refractivity contribution is 0.0676. The van der Waals surface area contributed by atoms with Crippen LogP contribution in [-0.2, 0) is 0 Å². The third-order valence-electron chi connectivity index (χ3n) is 3.96. The van der Waals surface area contributed by atoms with Crippen molar-refractivity contribution in [2.75, 3.05) is 19.6 Å². The highest BCUT2D eigenvalue weighted by atomic mass is 15.2. The van der Waals surface area contributed by atoms with E-state index in [9.17, 15) is 0 Å². The SMILES string of the molecule is C=CCCC(C)NC1CN2CCC1CC2. The predicted molar refractivity (Wildman–Crippen MR) is 65.0 cm³/mol. The quantitative estimate of drug-likeness (QED) is 0.695. The van der Waals surface area contributed by atoms with Crippen molar-refractivity contribution < 1.29 is 0 Å². The van der Waals surface area contributed by atoms with E-state index >= 15 is 0 Å². The number of allylic oxidation sites excluding steroid dienone is 1. The summed E-state index contributed by atoms with van der Waals surface area (Å²) in [5.41, 5.74) is 0. The lowest BCUT2D eigenvalue weighted by Crippen LogP contribution is -2.57. The van der Waals surface area contributed by atoms with Gasteiger partial charge in [-0.3, -0.25) is 0 Å². The molecule has 0 saturated carbocycles. The smallest absolute Gasteiger partial charge is 0.0226 e. The average molecular weight is 208 g/mol. The van der Waals surface area contributed by atoms with Gasteiger partial charge in [0.1, 0.15) is 0 Å². The van der Waals surface area contributed by atoms with Gasteiger partial charge in [0, 0.05) is 18.6 Å². The zero-order chi connectivity index (χ0) is 10.7. The molecule has 86 valence electrons. The topological polar surface area (TPSA) is 15.3 Å². The van der Waals surface area contributed by atoms with Crippen LogP contribution in [0.4, 0.5) is 0 Å². The van der Waals surface area contributed by atoms with Crippen molar-refractivity contribution in [2.45, 2.75) is 44.7 Å². The Labute approximate surface area is 93.7 Å². The molecule has 1 N–H and O–H groups in total. The Kier molecular flexibility index (Phi) is 3.81. The highest BCUT2D eigenvalue weighted by Crippen LogP contribution is 2.27. The maximum atomic E-state index is 3.80. The van der Waals surface area contributed by atoms with Gasteiger partial charge in [-0.2, -0.15) is 0 Å². The van der Waals surface area contributed by atoms with Crippen LogP contribution in [0.5, 0.6) is 0 Å². The molecule has 0 aliphatic carbocycles. The van der Waals surface area contributed by atoms with Crippen molar-refractivity contribution >= 4 is 0 Å². The predicted octanol–water partition coefficient (Wildman–Crippen LogP) is 2.02. The summed E-state index contributed by atoms with van der Waals surface area (Å²) in [6.07, 6.45) is 7.20. The van der Waals surface area contributed by atoms with E-state index in [0.717, 1.165) is 18.4 Å². The summed E-state index contributed by atoms with van der Waals surface area (Å²) in [4.78, 5) is 2.61. The van der Waals surface area contributed by atoms with Gasteiger partial charge >= 0.3 is 0 Å². The van der Waals surface area contributed by atoms with Crippen LogP contribution in [0.25, 0.3) is 0 Å². The number of hydrogen-bond donors (Lipinski definition) is 1. The first kappa shape index (κ1) is 11.2. The van der Waals surface area contributed by atoms with E-state index in [0.29, 0.717) is 6.04 Å². The van der Waals surface area contributed by atoms with E-state index in [1.165, 1.54) is 38.9 Å². The van der Waals surface area contributed by atoms with Gasteiger partial charge in [0.25, 0.3) is 0 Å². The van der Waals surface area contributed by atoms with Gasteiger partial charge in [0.15, 0.2) is 0 Å². The highest BCUT2D eigenvalue weighted by Gasteiger charge is 2.34. The monoisotopic (exact) mass is 208 g/mol. The van der Waals surface area contributed by atoms with Crippen molar-refractivity contribution in [1.29, 1.82) is 0 Å². The zero-order valence-electron chi connectivity index (χ0n) is 9.91. The van der Waals surface area contributed by atoms with Crippen LogP contribution in [0.1, 0.15) is 32.6 Å². The van der Waals surface area contributed by atoms with E-state index < -0.39 is 0 Å². The molecule has 0 aromatic heterocycles. The van der Waals surface area contributed by atoms with Crippen LogP contribution < -0.4 is 5.32 Å². The number of piperidine rings is 3. The normalized spacial score (nSPS) is 36.5. The molecule has 3 saturated heterocycles. The molecular formula is C13H24N2. The van der Waals surface area contributed by atoms with E-state index in [4.69, 9.17) is 0 Å². The first-order chi connectivity index (χ1) is 7.29. The summed E-state index contributed by atoms with van der Waals surface area (Å²) in [6.45, 7) is 10.0. The fourth-order valence-corrected chi connectivity index (χ4v) is 2.97. The van der Waals surface area contributed by atoms with Crippen LogP contribution in [-0.4, -0.2) is 36.6 Å². The molecule has 0 radical (unpaired) electrons. The van der Waals surface area contributed by atoms with Crippen LogP contribution in [0.2, 0.25) is 0 Å². The van der Waals surface area contributed by atoms with Crippen molar-refractivity contribution in [3.05, 3.63) is 12.7 Å². The van der Waals surface area contributed by atoms with Gasteiger partial charge < -0.3 is 10.2 Å². The van der Waals surface area contributed by atoms with Crippen LogP contribution in [0.15, 0.2) is 12.7 Å². The molecule has 3 rings (SSSR count). The Balaban J connectivity index is 1.76. The molecule has 2 atom stereocenters. The lowest BCUT2D eigenvalue weighted by Gasteiger charge is -2.46. The van der Waals surface area contributed by atoms with Gasteiger partial charge in [-0.05, 0) is 51.6 Å². The summed E-state index contributed by atoms with van der Waals surface area (Å²) >= 11 is 0. The average Bonchev–Trinajstić information content (AvgIpc) is 2.28. The summed E-state index contributed by atoms with van der Waals surface area (Å²) < 4.78 is 0. The largest absolute Gasteiger partial charge is 0.310 e. The molecule has 2 bridgehead atoms. The first-order valence-corrected chi connectivity index (χ1v) is 6.39. The molecule has 15 heavy (non-hydrogen) atoms. The molecule has 3 aliphatic rings. The van der Waals surface area contributed by atoms with Crippen molar-refractivity contribution in [1.82, 2.24) is 10.2 Å². The van der Waals surface area contributed by atoms with Gasteiger partial charge in [-0.25, -0.2) is 0 Å². The Morgan fingerprint density at radius 2 is 2.20 bits per heavy atom. The molecule has 2 heteroatoms. The fourth-order valence-electron chi connectivity index (χ4n) is 2.97. The summed E-state index contributed by atoms with van der Waals surface area (Å²) in [6, 6.07) is 1.40. The van der Waals surface area contributed by atoms with E-state index in [2.05, 4.69) is 23.7 Å². The Bertz CT molecular complexity index is 207. The number of nitrogens with one attached hydrogen (secondary N) is 1. The Morgan fingerprint density at radius 3 is 2.73 bits per heavy atom. The molecule has 2 nitrogen and oxygen atoms in total. The first-order valence-electron chi connectivity index (χ1n) is 6.39. The summed E-state index contributed by atoms with van der Waals surface area (Å²) in [7, 11) is 0. The third kappa shape index (κ3) is 2.82. The number of rotatable bonds is 5. The molecule has 2 unspecified atom stereocenters. The molecule has 3 fully saturated rings. The van der Waals surface area contributed by atoms with Crippen molar-refractivity contribution in [3.63, 3.8) is 0 Å². The second-order valence-corrected chi connectivity index (χ2v) is 5.18. The van der Waals surface area contributed by atoms with Crippen LogP contribution in [0, 0.1) is 5.92 Å². The number of nitrogens with zero attached hydrogens (tertiary/aromatic N) is 1. The van der Waals surface area contributed by atoms with E-state index in [1.807, 2.05) is 6.08 Å². The molecule has 0 aromatic carbocycles. The number of hydrogen-bond acceptors (Lipinski definition) is 2. The minimum Gasteiger partial charge on any atom is -0.310 e. The Morgan fingerprint density at radius 1 is 1.47 bits per heavy atom. The second-order valence-electron chi connectivity index (χ2n) is 5.18. The standard InChI is InChI=1S/C13H24N2/c1-3-4-5-11(2)14-13-10-15-8-6-12(13)7-9-15/h3,11-14H,1,4-10H2,2H3. The molecule has 0 spiro atoms. The van der Waals surface area contributed by atoms with Gasteiger partial charge in [0.2, 0.25) is 0 Å². The third-order valence-corrected chi connectivity index (χ3v) is 3.96. The van der Waals surface area contributed by atoms with Crippen molar-refractivity contribution in [2.24, 2.45) is 5.92 Å². The van der Waals surface area contributed by atoms with E-state index in [-0.39, 0.29) is 0 Å². The molecule has 0 aromatic rings.